The number of benzene rings is 2. The molecular weight excluding hydrogens is 318 g/mol. The molecule has 128 valence electrons. The van der Waals surface area contributed by atoms with Crippen molar-refractivity contribution in [1.29, 1.82) is 0 Å². The summed E-state index contributed by atoms with van der Waals surface area (Å²) in [6.45, 7) is 2.09. The standard InChI is InChI=1S/C19H19N3O3/c23-17-12-25-18-15(4-3-5-16(18)21-17)19(24)20-13-6-8-14(9-7-13)22-10-1-2-11-22/h3-9H,1-2,10-12H2,(H,20,24)(H,21,23). The van der Waals surface area contributed by atoms with Crippen molar-refractivity contribution in [2.24, 2.45) is 0 Å². The van der Waals surface area contributed by atoms with Crippen LogP contribution in [0.1, 0.15) is 23.2 Å². The van der Waals surface area contributed by atoms with Crippen LogP contribution in [0.5, 0.6) is 5.75 Å². The van der Waals surface area contributed by atoms with Gasteiger partial charge >= 0.3 is 0 Å². The fourth-order valence-corrected chi connectivity index (χ4v) is 3.22. The summed E-state index contributed by atoms with van der Waals surface area (Å²) in [6.07, 6.45) is 2.46. The number of nitrogens with zero attached hydrogens (tertiary/aromatic N) is 1. The number of para-hydroxylation sites is 1. The summed E-state index contributed by atoms with van der Waals surface area (Å²) in [4.78, 5) is 26.3. The first kappa shape index (κ1) is 15.5. The van der Waals surface area contributed by atoms with Crippen LogP contribution >= 0.6 is 0 Å². The zero-order chi connectivity index (χ0) is 17.2. The zero-order valence-corrected chi connectivity index (χ0v) is 13.7. The highest BCUT2D eigenvalue weighted by molar-refractivity contribution is 6.09. The minimum absolute atomic E-state index is 0.0815. The number of amides is 2. The van der Waals surface area contributed by atoms with Crippen molar-refractivity contribution in [3.8, 4) is 5.75 Å². The first-order valence-corrected chi connectivity index (χ1v) is 8.43. The monoisotopic (exact) mass is 337 g/mol. The average molecular weight is 337 g/mol. The predicted octanol–water partition coefficient (Wildman–Crippen LogP) is 2.87. The van der Waals surface area contributed by atoms with E-state index < -0.39 is 0 Å². The molecule has 0 radical (unpaired) electrons. The molecule has 2 N–H and O–H groups in total. The van der Waals surface area contributed by atoms with Gasteiger partial charge < -0.3 is 20.3 Å². The summed E-state index contributed by atoms with van der Waals surface area (Å²) in [5, 5.41) is 5.60. The van der Waals surface area contributed by atoms with Gasteiger partial charge in [0.15, 0.2) is 12.4 Å². The van der Waals surface area contributed by atoms with Gasteiger partial charge in [-0.15, -0.1) is 0 Å². The van der Waals surface area contributed by atoms with Gasteiger partial charge in [0.05, 0.1) is 11.3 Å². The highest BCUT2D eigenvalue weighted by Crippen LogP contribution is 2.32. The summed E-state index contributed by atoms with van der Waals surface area (Å²) in [5.74, 6) is -0.0715. The highest BCUT2D eigenvalue weighted by atomic mass is 16.5. The second-order valence-corrected chi connectivity index (χ2v) is 6.21. The van der Waals surface area contributed by atoms with E-state index in [2.05, 4.69) is 15.5 Å². The lowest BCUT2D eigenvalue weighted by Gasteiger charge is -2.20. The number of hydrogen-bond donors (Lipinski definition) is 2. The molecule has 0 spiro atoms. The average Bonchev–Trinajstić information content (AvgIpc) is 3.16. The molecule has 0 bridgehead atoms. The fourth-order valence-electron chi connectivity index (χ4n) is 3.22. The van der Waals surface area contributed by atoms with Gasteiger partial charge in [0.1, 0.15) is 0 Å². The molecular formula is C19H19N3O3. The Kier molecular flexibility index (Phi) is 4.01. The summed E-state index contributed by atoms with van der Waals surface area (Å²) < 4.78 is 5.43. The lowest BCUT2D eigenvalue weighted by molar-refractivity contribution is -0.118. The van der Waals surface area contributed by atoms with Gasteiger partial charge in [-0.05, 0) is 49.2 Å². The van der Waals surface area contributed by atoms with Crippen molar-refractivity contribution in [3.05, 3.63) is 48.0 Å². The van der Waals surface area contributed by atoms with Crippen LogP contribution in [0.2, 0.25) is 0 Å². The summed E-state index contributed by atoms with van der Waals surface area (Å²) >= 11 is 0. The Balaban J connectivity index is 1.50. The van der Waals surface area contributed by atoms with E-state index in [1.165, 1.54) is 18.5 Å². The molecule has 0 aromatic heterocycles. The van der Waals surface area contributed by atoms with Gasteiger partial charge in [0, 0.05) is 24.5 Å². The van der Waals surface area contributed by atoms with Crippen LogP contribution in [-0.2, 0) is 4.79 Å². The molecule has 4 rings (SSSR count). The van der Waals surface area contributed by atoms with Crippen LogP contribution in [0.3, 0.4) is 0 Å². The van der Waals surface area contributed by atoms with Gasteiger partial charge in [0.2, 0.25) is 0 Å². The second-order valence-electron chi connectivity index (χ2n) is 6.21. The number of carbonyl (C=O) groups excluding carboxylic acids is 2. The zero-order valence-electron chi connectivity index (χ0n) is 13.7. The van der Waals surface area contributed by atoms with Gasteiger partial charge in [-0.3, -0.25) is 9.59 Å². The first-order valence-electron chi connectivity index (χ1n) is 8.43. The normalized spacial score (nSPS) is 16.0. The lowest BCUT2D eigenvalue weighted by Crippen LogP contribution is -2.27. The molecule has 2 heterocycles. The van der Waals surface area contributed by atoms with Crippen molar-refractivity contribution in [1.82, 2.24) is 0 Å². The van der Waals surface area contributed by atoms with Crippen molar-refractivity contribution in [2.75, 3.05) is 35.2 Å². The smallest absolute Gasteiger partial charge is 0.262 e. The van der Waals surface area contributed by atoms with Crippen LogP contribution in [0.4, 0.5) is 17.1 Å². The largest absolute Gasteiger partial charge is 0.481 e. The van der Waals surface area contributed by atoms with E-state index in [0.29, 0.717) is 17.0 Å². The topological polar surface area (TPSA) is 70.7 Å². The van der Waals surface area contributed by atoms with Crippen molar-refractivity contribution >= 4 is 28.9 Å². The van der Waals surface area contributed by atoms with Gasteiger partial charge in [-0.2, -0.15) is 0 Å². The highest BCUT2D eigenvalue weighted by Gasteiger charge is 2.22. The Morgan fingerprint density at radius 2 is 1.84 bits per heavy atom. The molecule has 6 heteroatoms. The molecule has 6 nitrogen and oxygen atoms in total. The molecule has 0 unspecified atom stereocenters. The van der Waals surface area contributed by atoms with E-state index in [1.807, 2.05) is 24.3 Å². The maximum atomic E-state index is 12.6. The minimum atomic E-state index is -0.262. The van der Waals surface area contributed by atoms with Crippen LogP contribution in [0.15, 0.2) is 42.5 Å². The van der Waals surface area contributed by atoms with E-state index >= 15 is 0 Å². The Bertz CT molecular complexity index is 811. The number of carbonyl (C=O) groups is 2. The van der Waals surface area contributed by atoms with Crippen molar-refractivity contribution in [3.63, 3.8) is 0 Å². The van der Waals surface area contributed by atoms with Crippen LogP contribution < -0.4 is 20.3 Å². The van der Waals surface area contributed by atoms with E-state index in [4.69, 9.17) is 4.74 Å². The number of anilines is 3. The molecule has 0 aliphatic carbocycles. The number of ether oxygens (including phenoxy) is 1. The van der Waals surface area contributed by atoms with E-state index in [-0.39, 0.29) is 18.4 Å². The molecule has 0 saturated carbocycles. The number of fused-ring (bicyclic) bond motifs is 1. The molecule has 2 aliphatic rings. The fraction of sp³-hybridized carbons (Fsp3) is 0.263. The second kappa shape index (κ2) is 6.47. The van der Waals surface area contributed by atoms with Crippen molar-refractivity contribution < 1.29 is 14.3 Å². The molecule has 0 atom stereocenters. The molecule has 2 aromatic rings. The van der Waals surface area contributed by atoms with Crippen LogP contribution in [0.25, 0.3) is 0 Å². The Morgan fingerprint density at radius 3 is 2.60 bits per heavy atom. The molecule has 25 heavy (non-hydrogen) atoms. The SMILES string of the molecule is O=C1COc2c(cccc2C(=O)Nc2ccc(N3CCCC3)cc2)N1. The van der Waals surface area contributed by atoms with E-state index in [1.54, 1.807) is 18.2 Å². The Morgan fingerprint density at radius 1 is 1.08 bits per heavy atom. The van der Waals surface area contributed by atoms with Gasteiger partial charge in [-0.1, -0.05) is 6.07 Å². The minimum Gasteiger partial charge on any atom is -0.481 e. The third kappa shape index (κ3) is 3.15. The summed E-state index contributed by atoms with van der Waals surface area (Å²) in [6, 6.07) is 13.0. The number of hydrogen-bond acceptors (Lipinski definition) is 4. The molecule has 2 amide bonds. The van der Waals surface area contributed by atoms with Crippen LogP contribution in [0, 0.1) is 0 Å². The van der Waals surface area contributed by atoms with E-state index in [0.717, 1.165) is 18.8 Å². The quantitative estimate of drug-likeness (QED) is 0.903. The number of nitrogens with one attached hydrogen (secondary N) is 2. The van der Waals surface area contributed by atoms with E-state index in [9.17, 15) is 9.59 Å². The summed E-state index contributed by atoms with van der Waals surface area (Å²) in [5.41, 5.74) is 2.83. The molecule has 1 fully saturated rings. The first-order chi connectivity index (χ1) is 12.2. The maximum Gasteiger partial charge on any atom is 0.262 e. The Labute approximate surface area is 145 Å². The molecule has 2 aromatic carbocycles. The van der Waals surface area contributed by atoms with Crippen LogP contribution in [-0.4, -0.2) is 31.5 Å². The predicted molar refractivity (Wildman–Crippen MR) is 96.4 cm³/mol. The Hall–Kier alpha value is -3.02. The van der Waals surface area contributed by atoms with Crippen molar-refractivity contribution in [2.45, 2.75) is 12.8 Å². The maximum absolute atomic E-state index is 12.6. The molecule has 2 aliphatic heterocycles. The van der Waals surface area contributed by atoms with Gasteiger partial charge in [-0.25, -0.2) is 0 Å². The third-order valence-electron chi connectivity index (χ3n) is 4.48. The summed E-state index contributed by atoms with van der Waals surface area (Å²) in [7, 11) is 0. The lowest BCUT2D eigenvalue weighted by atomic mass is 10.1. The van der Waals surface area contributed by atoms with Gasteiger partial charge in [0.25, 0.3) is 11.8 Å². The molecule has 1 saturated heterocycles. The third-order valence-corrected chi connectivity index (χ3v) is 4.48. The number of rotatable bonds is 3.